The molecule has 0 radical (unpaired) electrons. The van der Waals surface area contributed by atoms with Crippen LogP contribution in [-0.4, -0.2) is 22.0 Å². The van der Waals surface area contributed by atoms with Gasteiger partial charge in [0, 0.05) is 5.30 Å². The fourth-order valence-electron chi connectivity index (χ4n) is 1.02. The molecule has 6 heteroatoms. The number of carboxylic acids is 1. The van der Waals surface area contributed by atoms with Gasteiger partial charge in [-0.3, -0.25) is 9.88 Å². The smallest absolute Gasteiger partial charge is 0.320 e. The van der Waals surface area contributed by atoms with Crippen LogP contribution in [0.25, 0.3) is 0 Å². The third kappa shape index (κ3) is 3.39. The van der Waals surface area contributed by atoms with E-state index in [1.807, 2.05) is 0 Å². The first-order valence-corrected chi connectivity index (χ1v) is 7.08. The molecule has 0 spiro atoms. The molecular formula is C9H12NO3PS. The van der Waals surface area contributed by atoms with E-state index in [-0.39, 0.29) is 0 Å². The molecule has 15 heavy (non-hydrogen) atoms. The first-order chi connectivity index (χ1) is 6.93. The molecule has 0 aliphatic rings. The van der Waals surface area contributed by atoms with E-state index in [1.54, 1.807) is 30.3 Å². The second kappa shape index (κ2) is 4.86. The zero-order chi connectivity index (χ0) is 11.5. The van der Waals surface area contributed by atoms with Gasteiger partial charge in [-0.15, -0.1) is 0 Å². The summed E-state index contributed by atoms with van der Waals surface area (Å²) < 4.78 is 0. The number of nitrogens with one attached hydrogen (secondary N) is 1. The van der Waals surface area contributed by atoms with Gasteiger partial charge < -0.3 is 10.00 Å². The van der Waals surface area contributed by atoms with Crippen LogP contribution in [0.5, 0.6) is 0 Å². The predicted octanol–water partition coefficient (Wildman–Crippen LogP) is 0.676. The molecule has 2 atom stereocenters. The molecule has 0 saturated heterocycles. The lowest BCUT2D eigenvalue weighted by atomic mass is 10.4. The van der Waals surface area contributed by atoms with Crippen molar-refractivity contribution in [3.63, 3.8) is 0 Å². The van der Waals surface area contributed by atoms with Crippen LogP contribution in [0.3, 0.4) is 0 Å². The number of carboxylic acid groups (broad SMARTS) is 1. The molecule has 0 amide bonds. The lowest BCUT2D eigenvalue weighted by Crippen LogP contribution is -2.34. The van der Waals surface area contributed by atoms with E-state index in [0.29, 0.717) is 5.30 Å². The quantitative estimate of drug-likeness (QED) is 0.680. The van der Waals surface area contributed by atoms with E-state index in [9.17, 15) is 9.69 Å². The fraction of sp³-hybridized carbons (Fsp3) is 0.222. The summed E-state index contributed by atoms with van der Waals surface area (Å²) >= 11 is 5.00. The standard InChI is InChI=1S/C9H12NO3PS/c1-7(9(11)12)10-14(13,15)8-5-3-2-4-6-8/h2-7H,1H3,(H,11,12)(H2,10,13,15)/t7-,14?/m0/s1. The Morgan fingerprint density at radius 3 is 2.47 bits per heavy atom. The zero-order valence-electron chi connectivity index (χ0n) is 8.12. The summed E-state index contributed by atoms with van der Waals surface area (Å²) in [6, 6.07) is 7.81. The predicted molar refractivity (Wildman–Crippen MR) is 62.8 cm³/mol. The average Bonchev–Trinajstić information content (AvgIpc) is 2.18. The summed E-state index contributed by atoms with van der Waals surface area (Å²) in [5.74, 6) is -1.03. The third-order valence-corrected chi connectivity index (χ3v) is 4.53. The van der Waals surface area contributed by atoms with E-state index >= 15 is 0 Å². The van der Waals surface area contributed by atoms with Gasteiger partial charge in [0.05, 0.1) is 0 Å². The summed E-state index contributed by atoms with van der Waals surface area (Å²) in [5.41, 5.74) is 0. The molecule has 0 heterocycles. The number of aliphatic carboxylic acids is 1. The monoisotopic (exact) mass is 245 g/mol. The van der Waals surface area contributed by atoms with Crippen LogP contribution in [0.15, 0.2) is 30.3 Å². The second-order valence-corrected chi connectivity index (χ2v) is 6.61. The van der Waals surface area contributed by atoms with Crippen molar-refractivity contribution in [2.24, 2.45) is 0 Å². The molecular weight excluding hydrogens is 233 g/mol. The lowest BCUT2D eigenvalue weighted by molar-refractivity contribution is -0.138. The molecule has 82 valence electrons. The van der Waals surface area contributed by atoms with Crippen LogP contribution in [0.2, 0.25) is 0 Å². The van der Waals surface area contributed by atoms with E-state index in [1.165, 1.54) is 6.92 Å². The number of hydrogen-bond donors (Lipinski definition) is 3. The van der Waals surface area contributed by atoms with E-state index in [2.05, 4.69) is 5.09 Å². The van der Waals surface area contributed by atoms with Gasteiger partial charge >= 0.3 is 5.97 Å². The Morgan fingerprint density at radius 1 is 1.47 bits per heavy atom. The molecule has 0 aromatic heterocycles. The number of hydrogen-bond acceptors (Lipinski definition) is 2. The lowest BCUT2D eigenvalue weighted by Gasteiger charge is -2.19. The van der Waals surface area contributed by atoms with Crippen molar-refractivity contribution in [1.29, 1.82) is 0 Å². The van der Waals surface area contributed by atoms with Crippen molar-refractivity contribution >= 4 is 29.5 Å². The van der Waals surface area contributed by atoms with E-state index in [4.69, 9.17) is 16.9 Å². The summed E-state index contributed by atoms with van der Waals surface area (Å²) in [7, 11) is 0. The normalized spacial score (nSPS) is 16.7. The third-order valence-electron chi connectivity index (χ3n) is 1.85. The minimum absolute atomic E-state index is 0.563. The molecule has 4 nitrogen and oxygen atoms in total. The number of benzene rings is 1. The molecule has 1 aromatic carbocycles. The van der Waals surface area contributed by atoms with Crippen LogP contribution in [0.1, 0.15) is 6.92 Å². The van der Waals surface area contributed by atoms with E-state index in [0.717, 1.165) is 0 Å². The molecule has 1 unspecified atom stereocenters. The molecule has 0 aliphatic carbocycles. The van der Waals surface area contributed by atoms with Gasteiger partial charge in [-0.2, -0.15) is 0 Å². The Labute approximate surface area is 93.1 Å². The van der Waals surface area contributed by atoms with E-state index < -0.39 is 18.4 Å². The average molecular weight is 245 g/mol. The first-order valence-electron chi connectivity index (χ1n) is 4.32. The van der Waals surface area contributed by atoms with Crippen molar-refractivity contribution in [3.05, 3.63) is 30.3 Å². The van der Waals surface area contributed by atoms with Crippen LogP contribution in [0, 0.1) is 0 Å². The van der Waals surface area contributed by atoms with Gasteiger partial charge in [-0.1, -0.05) is 30.3 Å². The molecule has 1 aromatic rings. The molecule has 0 bridgehead atoms. The molecule has 3 N–H and O–H groups in total. The van der Waals surface area contributed by atoms with Gasteiger partial charge in [0.1, 0.15) is 6.04 Å². The number of rotatable bonds is 4. The van der Waals surface area contributed by atoms with Gasteiger partial charge in [-0.05, 0) is 18.7 Å². The summed E-state index contributed by atoms with van der Waals surface area (Å²) in [6.07, 6.45) is -2.95. The molecule has 0 aliphatic heterocycles. The second-order valence-electron chi connectivity index (χ2n) is 3.10. The highest BCUT2D eigenvalue weighted by atomic mass is 32.4. The Balaban J connectivity index is 2.85. The Hall–Kier alpha value is -0.740. The zero-order valence-corrected chi connectivity index (χ0v) is 9.83. The highest BCUT2D eigenvalue weighted by Gasteiger charge is 2.21. The molecule has 0 fully saturated rings. The van der Waals surface area contributed by atoms with Gasteiger partial charge in [0.25, 0.3) is 0 Å². The summed E-state index contributed by atoms with van der Waals surface area (Å²) in [6.45, 7) is 1.45. The maximum Gasteiger partial charge on any atom is 0.320 e. The van der Waals surface area contributed by atoms with Crippen LogP contribution in [0.4, 0.5) is 0 Å². The SMILES string of the molecule is C[C@H](NP(O)(=S)c1ccccc1)C(=O)O. The van der Waals surface area contributed by atoms with Gasteiger partial charge in [0.15, 0.2) is 6.42 Å². The van der Waals surface area contributed by atoms with Crippen molar-refractivity contribution in [1.82, 2.24) is 5.09 Å². The molecule has 0 saturated carbocycles. The minimum atomic E-state index is -2.95. The Bertz CT molecular complexity index is 396. The summed E-state index contributed by atoms with van der Waals surface area (Å²) in [5, 5.41) is 11.8. The number of carbonyl (C=O) groups is 1. The first kappa shape index (κ1) is 12.3. The molecule has 1 rings (SSSR count). The maximum atomic E-state index is 10.6. The minimum Gasteiger partial charge on any atom is -0.480 e. The van der Waals surface area contributed by atoms with Crippen LogP contribution in [-0.2, 0) is 16.6 Å². The highest BCUT2D eigenvalue weighted by molar-refractivity contribution is 8.14. The largest absolute Gasteiger partial charge is 0.480 e. The topological polar surface area (TPSA) is 69.6 Å². The van der Waals surface area contributed by atoms with Crippen molar-refractivity contribution < 1.29 is 14.8 Å². The highest BCUT2D eigenvalue weighted by Crippen LogP contribution is 2.34. The Kier molecular flexibility index (Phi) is 3.99. The maximum absolute atomic E-state index is 10.6. The fourth-order valence-corrected chi connectivity index (χ4v) is 3.22. The Morgan fingerprint density at radius 2 is 2.00 bits per heavy atom. The summed E-state index contributed by atoms with van der Waals surface area (Å²) in [4.78, 5) is 20.6. The van der Waals surface area contributed by atoms with Crippen molar-refractivity contribution in [2.45, 2.75) is 13.0 Å². The van der Waals surface area contributed by atoms with Gasteiger partial charge in [-0.25, -0.2) is 0 Å². The van der Waals surface area contributed by atoms with Crippen molar-refractivity contribution in [2.75, 3.05) is 0 Å². The van der Waals surface area contributed by atoms with Crippen LogP contribution < -0.4 is 10.4 Å². The van der Waals surface area contributed by atoms with Gasteiger partial charge in [0.2, 0.25) is 0 Å². The van der Waals surface area contributed by atoms with Crippen LogP contribution >= 0.6 is 6.42 Å². The van der Waals surface area contributed by atoms with Crippen molar-refractivity contribution in [3.8, 4) is 0 Å².